The highest BCUT2D eigenvalue weighted by molar-refractivity contribution is 5.31. The lowest BCUT2D eigenvalue weighted by atomic mass is 10.9. The highest BCUT2D eigenvalue weighted by atomic mass is 16.4. The zero-order valence-electron chi connectivity index (χ0n) is 4.87. The number of nitrogens with one attached hydrogen (secondary N) is 1. The third-order valence-electron chi connectivity index (χ3n) is 1.13. The molecule has 0 aliphatic carbocycles. The van der Waals surface area contributed by atoms with Gasteiger partial charge in [-0.25, -0.2) is 4.79 Å². The average Bonchev–Trinajstić information content (AvgIpc) is 2.35. The smallest absolute Gasteiger partial charge is 0.349 e. The Morgan fingerprint density at radius 3 is 3.30 bits per heavy atom. The summed E-state index contributed by atoms with van der Waals surface area (Å²) < 4.78 is 5.84. The van der Waals surface area contributed by atoms with Crippen molar-refractivity contribution < 1.29 is 4.42 Å². The van der Waals surface area contributed by atoms with Crippen LogP contribution in [0.25, 0.3) is 5.71 Å². The fraction of sp³-hybridized carbons (Fsp3) is 0. The summed E-state index contributed by atoms with van der Waals surface area (Å²) in [5.74, 6) is 0. The Hall–Kier alpha value is -1.72. The summed E-state index contributed by atoms with van der Waals surface area (Å²) in [6.07, 6.45) is 1.39. The number of anilines is 1. The first kappa shape index (κ1) is 5.10. The molecule has 0 spiro atoms. The van der Waals surface area contributed by atoms with Gasteiger partial charge in [-0.1, -0.05) is 0 Å². The fourth-order valence-electron chi connectivity index (χ4n) is 0.739. The van der Waals surface area contributed by atoms with Gasteiger partial charge in [0.25, 0.3) is 0 Å². The lowest BCUT2D eigenvalue weighted by Gasteiger charge is -1.70. The van der Waals surface area contributed by atoms with E-state index in [4.69, 9.17) is 10.2 Å². The van der Waals surface area contributed by atoms with Gasteiger partial charge < -0.3 is 15.1 Å². The van der Waals surface area contributed by atoms with E-state index in [1.165, 1.54) is 6.20 Å². The fourth-order valence-corrected chi connectivity index (χ4v) is 0.739. The molecule has 2 aromatic heterocycles. The van der Waals surface area contributed by atoms with E-state index in [0.29, 0.717) is 5.71 Å². The van der Waals surface area contributed by atoms with Crippen LogP contribution in [0.2, 0.25) is 0 Å². The van der Waals surface area contributed by atoms with E-state index in [2.05, 4.69) is 10.1 Å². The Balaban J connectivity index is 3.03. The molecule has 0 bridgehead atoms. The number of imidazole rings is 1. The van der Waals surface area contributed by atoms with Crippen LogP contribution in [0.15, 0.2) is 15.4 Å². The molecule has 3 N–H and O–H groups in total. The van der Waals surface area contributed by atoms with Crippen LogP contribution < -0.4 is 11.4 Å². The van der Waals surface area contributed by atoms with E-state index in [9.17, 15) is 4.79 Å². The molecule has 0 atom stereocenters. The SMILES string of the molecule is Nc1nn2c(=O)[nH]cc2o1. The number of hydrogen-bond donors (Lipinski definition) is 2. The molecule has 52 valence electrons. The second kappa shape index (κ2) is 1.41. The number of fused-ring (bicyclic) bond motifs is 1. The first-order valence-electron chi connectivity index (χ1n) is 2.60. The molecular formula is C4H4N4O2. The number of rotatable bonds is 0. The van der Waals surface area contributed by atoms with Crippen molar-refractivity contribution in [3.8, 4) is 0 Å². The molecule has 0 saturated heterocycles. The van der Waals surface area contributed by atoms with Crippen molar-refractivity contribution >= 4 is 11.7 Å². The number of H-pyrrole nitrogens is 1. The molecule has 6 nitrogen and oxygen atoms in total. The molecular weight excluding hydrogens is 136 g/mol. The van der Waals surface area contributed by atoms with Crippen molar-refractivity contribution in [2.24, 2.45) is 0 Å². The summed E-state index contributed by atoms with van der Waals surface area (Å²) >= 11 is 0. The molecule has 0 aliphatic rings. The number of hydrogen-bond acceptors (Lipinski definition) is 4. The molecule has 0 unspecified atom stereocenters. The second-order valence-corrected chi connectivity index (χ2v) is 1.78. The predicted molar refractivity (Wildman–Crippen MR) is 32.5 cm³/mol. The van der Waals surface area contributed by atoms with Crippen LogP contribution in [0.3, 0.4) is 0 Å². The van der Waals surface area contributed by atoms with Gasteiger partial charge in [-0.3, -0.25) is 0 Å². The van der Waals surface area contributed by atoms with Gasteiger partial charge in [0.15, 0.2) is 0 Å². The average molecular weight is 140 g/mol. The third kappa shape index (κ3) is 0.471. The number of nitrogen functional groups attached to an aromatic ring is 1. The summed E-state index contributed by atoms with van der Waals surface area (Å²) in [4.78, 5) is 13.1. The summed E-state index contributed by atoms with van der Waals surface area (Å²) in [7, 11) is 0. The van der Waals surface area contributed by atoms with Gasteiger partial charge in [-0.15, -0.1) is 9.61 Å². The quantitative estimate of drug-likeness (QED) is 0.501. The van der Waals surface area contributed by atoms with E-state index >= 15 is 0 Å². The maximum Gasteiger partial charge on any atom is 0.349 e. The van der Waals surface area contributed by atoms with E-state index in [-0.39, 0.29) is 11.7 Å². The van der Waals surface area contributed by atoms with Gasteiger partial charge >= 0.3 is 11.7 Å². The molecule has 0 fully saturated rings. The largest absolute Gasteiger partial charge is 0.404 e. The molecule has 2 heterocycles. The van der Waals surface area contributed by atoms with Crippen molar-refractivity contribution in [3.05, 3.63) is 16.7 Å². The van der Waals surface area contributed by atoms with Crippen molar-refractivity contribution in [3.63, 3.8) is 0 Å². The van der Waals surface area contributed by atoms with Crippen molar-refractivity contribution in [1.29, 1.82) is 0 Å². The standard InChI is InChI=1S/C4H4N4O2/c5-3-7-8-2(10-3)1-6-4(8)9/h1H,(H2,5,7)(H,6,9). The Bertz CT molecular complexity index is 408. The van der Waals surface area contributed by atoms with Gasteiger partial charge in [0.05, 0.1) is 6.20 Å². The topological polar surface area (TPSA) is 89.3 Å². The predicted octanol–water partition coefficient (Wildman–Crippen LogP) is -0.802. The van der Waals surface area contributed by atoms with Crippen LogP contribution in [-0.4, -0.2) is 14.6 Å². The van der Waals surface area contributed by atoms with E-state index in [1.807, 2.05) is 0 Å². The Morgan fingerprint density at radius 2 is 2.60 bits per heavy atom. The number of nitrogens with zero attached hydrogens (tertiary/aromatic N) is 2. The zero-order valence-corrected chi connectivity index (χ0v) is 4.87. The Labute approximate surface area is 54.3 Å². The molecule has 0 radical (unpaired) electrons. The minimum atomic E-state index is -0.351. The van der Waals surface area contributed by atoms with E-state index in [1.54, 1.807) is 0 Å². The third-order valence-corrected chi connectivity index (χ3v) is 1.13. The first-order chi connectivity index (χ1) is 4.77. The number of aromatic nitrogens is 3. The highest BCUT2D eigenvalue weighted by Gasteiger charge is 2.03. The first-order valence-corrected chi connectivity index (χ1v) is 2.60. The zero-order chi connectivity index (χ0) is 7.14. The molecule has 0 aromatic carbocycles. The lowest BCUT2D eigenvalue weighted by molar-refractivity contribution is 0.623. The maximum absolute atomic E-state index is 10.7. The summed E-state index contributed by atoms with van der Waals surface area (Å²) in [6, 6.07) is -0.0129. The number of aromatic amines is 1. The Morgan fingerprint density at radius 1 is 1.80 bits per heavy atom. The normalized spacial score (nSPS) is 10.8. The van der Waals surface area contributed by atoms with Gasteiger partial charge in [-0.2, -0.15) is 0 Å². The molecule has 10 heavy (non-hydrogen) atoms. The molecule has 0 aliphatic heterocycles. The van der Waals surface area contributed by atoms with Gasteiger partial charge in [-0.05, 0) is 0 Å². The lowest BCUT2D eigenvalue weighted by Crippen LogP contribution is -2.09. The van der Waals surface area contributed by atoms with Crippen LogP contribution in [0.4, 0.5) is 6.01 Å². The van der Waals surface area contributed by atoms with Crippen LogP contribution in [0.5, 0.6) is 0 Å². The molecule has 6 heteroatoms. The summed E-state index contributed by atoms with van der Waals surface area (Å²) in [5.41, 5.74) is 5.12. The Kier molecular flexibility index (Phi) is 0.717. The number of nitrogens with two attached hydrogens (primary N) is 1. The van der Waals surface area contributed by atoms with Gasteiger partial charge in [0, 0.05) is 0 Å². The van der Waals surface area contributed by atoms with Crippen LogP contribution >= 0.6 is 0 Å². The minimum Gasteiger partial charge on any atom is -0.404 e. The maximum atomic E-state index is 10.7. The van der Waals surface area contributed by atoms with Crippen LogP contribution in [0.1, 0.15) is 0 Å². The van der Waals surface area contributed by atoms with E-state index in [0.717, 1.165) is 4.52 Å². The molecule has 0 saturated carbocycles. The van der Waals surface area contributed by atoms with E-state index < -0.39 is 0 Å². The monoisotopic (exact) mass is 140 g/mol. The summed E-state index contributed by atoms with van der Waals surface area (Å²) in [5, 5.41) is 3.56. The van der Waals surface area contributed by atoms with Crippen LogP contribution in [-0.2, 0) is 0 Å². The summed E-state index contributed by atoms with van der Waals surface area (Å²) in [6.45, 7) is 0. The van der Waals surface area contributed by atoms with Gasteiger partial charge in [0.2, 0.25) is 5.71 Å². The van der Waals surface area contributed by atoms with Gasteiger partial charge in [0.1, 0.15) is 0 Å². The minimum absolute atomic E-state index is 0.0129. The molecule has 2 aromatic rings. The molecule has 0 amide bonds. The second-order valence-electron chi connectivity index (χ2n) is 1.78. The highest BCUT2D eigenvalue weighted by Crippen LogP contribution is 2.01. The van der Waals surface area contributed by atoms with Crippen molar-refractivity contribution in [2.45, 2.75) is 0 Å². The van der Waals surface area contributed by atoms with Crippen molar-refractivity contribution in [2.75, 3.05) is 5.73 Å². The van der Waals surface area contributed by atoms with Crippen LogP contribution in [0, 0.1) is 0 Å². The molecule has 2 rings (SSSR count). The van der Waals surface area contributed by atoms with Crippen molar-refractivity contribution in [1.82, 2.24) is 14.6 Å².